The van der Waals surface area contributed by atoms with E-state index in [0.717, 1.165) is 26.2 Å². The Morgan fingerprint density at radius 2 is 2.00 bits per heavy atom. The van der Waals surface area contributed by atoms with Gasteiger partial charge in [-0.15, -0.1) is 0 Å². The SMILES string of the molecule is CC(C)NC(=O)c1c(N)nsc1NN1CCN(C)CC1. The van der Waals surface area contributed by atoms with Crippen molar-refractivity contribution in [3.63, 3.8) is 0 Å². The van der Waals surface area contributed by atoms with E-state index in [-0.39, 0.29) is 17.8 Å². The van der Waals surface area contributed by atoms with E-state index in [1.54, 1.807) is 0 Å². The number of likely N-dealkylation sites (N-methyl/N-ethyl adjacent to an activating group) is 1. The fraction of sp³-hybridized carbons (Fsp3) is 0.667. The predicted molar refractivity (Wildman–Crippen MR) is 81.8 cm³/mol. The lowest BCUT2D eigenvalue weighted by molar-refractivity contribution is 0.0944. The van der Waals surface area contributed by atoms with Crippen LogP contribution in [0.4, 0.5) is 10.8 Å². The number of hydrogen-bond donors (Lipinski definition) is 3. The highest BCUT2D eigenvalue weighted by Gasteiger charge is 2.22. The third-order valence-electron chi connectivity index (χ3n) is 3.13. The summed E-state index contributed by atoms with van der Waals surface area (Å²) in [4.78, 5) is 14.4. The molecule has 1 saturated heterocycles. The summed E-state index contributed by atoms with van der Waals surface area (Å²) in [7, 11) is 2.10. The Labute approximate surface area is 123 Å². The fourth-order valence-electron chi connectivity index (χ4n) is 1.99. The number of hydrazine groups is 1. The van der Waals surface area contributed by atoms with Crippen LogP contribution in [0.5, 0.6) is 0 Å². The molecule has 112 valence electrons. The van der Waals surface area contributed by atoms with E-state index in [2.05, 4.69) is 32.1 Å². The molecule has 1 aliphatic heterocycles. The molecule has 20 heavy (non-hydrogen) atoms. The highest BCUT2D eigenvalue weighted by molar-refractivity contribution is 7.11. The van der Waals surface area contributed by atoms with E-state index in [0.29, 0.717) is 10.6 Å². The maximum atomic E-state index is 12.2. The second-order valence-corrected chi connectivity index (χ2v) is 6.08. The van der Waals surface area contributed by atoms with E-state index in [1.807, 2.05) is 13.8 Å². The van der Waals surface area contributed by atoms with Crippen molar-refractivity contribution in [3.8, 4) is 0 Å². The standard InChI is InChI=1S/C12H22N6OS/c1-8(2)14-11(19)9-10(13)16-20-12(9)15-18-6-4-17(3)5-7-18/h8,15H,4-7H2,1-3H3,(H2,13,16)(H,14,19). The molecule has 2 heterocycles. The normalized spacial score (nSPS) is 17.4. The second-order valence-electron chi connectivity index (χ2n) is 5.30. The molecular formula is C12H22N6OS. The quantitative estimate of drug-likeness (QED) is 0.748. The number of carbonyl (C=O) groups excluding carboxylic acids is 1. The monoisotopic (exact) mass is 298 g/mol. The molecule has 0 saturated carbocycles. The Bertz CT molecular complexity index is 467. The van der Waals surface area contributed by atoms with Crippen molar-refractivity contribution >= 4 is 28.3 Å². The third-order valence-corrected chi connectivity index (χ3v) is 3.89. The fourth-order valence-corrected chi connectivity index (χ4v) is 2.73. The lowest BCUT2D eigenvalue weighted by Gasteiger charge is -2.32. The van der Waals surface area contributed by atoms with E-state index in [9.17, 15) is 4.79 Å². The number of amides is 1. The summed E-state index contributed by atoms with van der Waals surface area (Å²) >= 11 is 1.22. The van der Waals surface area contributed by atoms with Crippen molar-refractivity contribution in [1.82, 2.24) is 19.6 Å². The summed E-state index contributed by atoms with van der Waals surface area (Å²) < 4.78 is 4.08. The average Bonchev–Trinajstić information content (AvgIpc) is 2.72. The van der Waals surface area contributed by atoms with Gasteiger partial charge in [-0.1, -0.05) is 0 Å². The van der Waals surface area contributed by atoms with Crippen LogP contribution in [0.2, 0.25) is 0 Å². The first-order valence-electron chi connectivity index (χ1n) is 6.73. The molecule has 0 aromatic carbocycles. The van der Waals surface area contributed by atoms with Gasteiger partial charge in [-0.25, -0.2) is 5.01 Å². The lowest BCUT2D eigenvalue weighted by Crippen LogP contribution is -2.47. The zero-order valence-corrected chi connectivity index (χ0v) is 13.0. The van der Waals surface area contributed by atoms with Crippen molar-refractivity contribution in [2.45, 2.75) is 19.9 Å². The second kappa shape index (κ2) is 6.38. The molecule has 0 aliphatic carbocycles. The van der Waals surface area contributed by atoms with Gasteiger partial charge in [-0.05, 0) is 32.4 Å². The summed E-state index contributed by atoms with van der Waals surface area (Å²) in [6.45, 7) is 7.63. The van der Waals surface area contributed by atoms with E-state index >= 15 is 0 Å². The van der Waals surface area contributed by atoms with Gasteiger partial charge in [-0.2, -0.15) is 4.37 Å². The molecule has 4 N–H and O–H groups in total. The van der Waals surface area contributed by atoms with Crippen LogP contribution in [-0.2, 0) is 0 Å². The van der Waals surface area contributed by atoms with Crippen LogP contribution in [0.25, 0.3) is 0 Å². The smallest absolute Gasteiger partial charge is 0.258 e. The van der Waals surface area contributed by atoms with E-state index < -0.39 is 0 Å². The van der Waals surface area contributed by atoms with Crippen molar-refractivity contribution in [2.24, 2.45) is 0 Å². The van der Waals surface area contributed by atoms with Gasteiger partial charge in [0, 0.05) is 32.2 Å². The Morgan fingerprint density at radius 1 is 1.35 bits per heavy atom. The number of nitrogen functional groups attached to an aromatic ring is 1. The molecule has 0 unspecified atom stereocenters. The first-order valence-corrected chi connectivity index (χ1v) is 7.51. The van der Waals surface area contributed by atoms with Gasteiger partial charge in [0.25, 0.3) is 5.91 Å². The summed E-state index contributed by atoms with van der Waals surface area (Å²) in [5.41, 5.74) is 9.53. The van der Waals surface area contributed by atoms with Gasteiger partial charge in [0.15, 0.2) is 5.82 Å². The Morgan fingerprint density at radius 3 is 2.60 bits per heavy atom. The van der Waals surface area contributed by atoms with E-state index in [1.165, 1.54) is 11.5 Å². The number of piperazine rings is 1. The third kappa shape index (κ3) is 3.59. The highest BCUT2D eigenvalue weighted by atomic mass is 32.1. The maximum absolute atomic E-state index is 12.2. The maximum Gasteiger partial charge on any atom is 0.258 e. The number of hydrogen-bond acceptors (Lipinski definition) is 7. The Kier molecular flexibility index (Phi) is 4.79. The average molecular weight is 298 g/mol. The molecule has 7 nitrogen and oxygen atoms in total. The van der Waals surface area contributed by atoms with Gasteiger partial charge < -0.3 is 21.4 Å². The summed E-state index contributed by atoms with van der Waals surface area (Å²) in [6.07, 6.45) is 0. The first-order chi connectivity index (χ1) is 9.47. The number of carbonyl (C=O) groups is 1. The lowest BCUT2D eigenvalue weighted by atomic mass is 10.2. The van der Waals surface area contributed by atoms with Gasteiger partial charge in [0.05, 0.1) is 0 Å². The van der Waals surface area contributed by atoms with Crippen molar-refractivity contribution < 1.29 is 4.79 Å². The number of nitrogens with two attached hydrogens (primary N) is 1. The number of anilines is 2. The molecule has 8 heteroatoms. The predicted octanol–water partition coefficient (Wildman–Crippen LogP) is 0.438. The molecule has 1 aliphatic rings. The number of rotatable bonds is 4. The number of nitrogens with zero attached hydrogens (tertiary/aromatic N) is 3. The highest BCUT2D eigenvalue weighted by Crippen LogP contribution is 2.27. The Balaban J connectivity index is 2.07. The molecule has 1 amide bonds. The minimum Gasteiger partial charge on any atom is -0.382 e. The molecule has 1 aromatic rings. The van der Waals surface area contributed by atoms with Crippen molar-refractivity contribution in [1.29, 1.82) is 0 Å². The minimum absolute atomic E-state index is 0.0679. The van der Waals surface area contributed by atoms with Crippen LogP contribution >= 0.6 is 11.5 Å². The molecular weight excluding hydrogens is 276 g/mol. The summed E-state index contributed by atoms with van der Waals surface area (Å²) in [5.74, 6) is 0.104. The van der Waals surface area contributed by atoms with Gasteiger partial charge >= 0.3 is 0 Å². The van der Waals surface area contributed by atoms with Crippen LogP contribution in [-0.4, -0.2) is 59.5 Å². The molecule has 1 aromatic heterocycles. The van der Waals surface area contributed by atoms with Crippen LogP contribution in [0, 0.1) is 0 Å². The van der Waals surface area contributed by atoms with Gasteiger partial charge in [0.2, 0.25) is 0 Å². The molecule has 0 atom stereocenters. The largest absolute Gasteiger partial charge is 0.382 e. The van der Waals surface area contributed by atoms with E-state index in [4.69, 9.17) is 5.73 Å². The van der Waals surface area contributed by atoms with Crippen molar-refractivity contribution in [3.05, 3.63) is 5.56 Å². The van der Waals surface area contributed by atoms with Gasteiger partial charge in [0.1, 0.15) is 10.6 Å². The number of aromatic nitrogens is 1. The van der Waals surface area contributed by atoms with Gasteiger partial charge in [-0.3, -0.25) is 4.79 Å². The minimum atomic E-state index is -0.178. The zero-order valence-electron chi connectivity index (χ0n) is 12.1. The molecule has 2 rings (SSSR count). The Hall–Kier alpha value is -1.38. The zero-order chi connectivity index (χ0) is 14.7. The van der Waals surface area contributed by atoms with Crippen molar-refractivity contribution in [2.75, 3.05) is 44.4 Å². The number of nitrogens with one attached hydrogen (secondary N) is 2. The summed E-state index contributed by atoms with van der Waals surface area (Å²) in [6, 6.07) is 0.0679. The topological polar surface area (TPSA) is 86.5 Å². The molecule has 1 fully saturated rings. The molecule has 0 bridgehead atoms. The van der Waals surface area contributed by atoms with Crippen LogP contribution in [0.15, 0.2) is 0 Å². The van der Waals surface area contributed by atoms with Crippen LogP contribution < -0.4 is 16.5 Å². The molecule has 0 radical (unpaired) electrons. The first kappa shape index (κ1) is 15.0. The summed E-state index contributed by atoms with van der Waals surface area (Å²) in [5, 5.41) is 5.66. The van der Waals surface area contributed by atoms with Crippen LogP contribution in [0.1, 0.15) is 24.2 Å². The molecule has 0 spiro atoms. The van der Waals surface area contributed by atoms with Crippen LogP contribution in [0.3, 0.4) is 0 Å².